The molecule has 24 heavy (non-hydrogen) atoms. The molecule has 2 aromatic rings. The van der Waals surface area contributed by atoms with Crippen molar-refractivity contribution in [3.8, 4) is 11.5 Å². The second-order valence-electron chi connectivity index (χ2n) is 4.95. The van der Waals surface area contributed by atoms with Crippen LogP contribution in [-0.4, -0.2) is 28.7 Å². The lowest BCUT2D eigenvalue weighted by Gasteiger charge is -2.12. The van der Waals surface area contributed by atoms with Crippen LogP contribution >= 0.6 is 27.5 Å². The zero-order valence-electron chi connectivity index (χ0n) is 13.2. The van der Waals surface area contributed by atoms with Crippen LogP contribution in [0.5, 0.6) is 11.5 Å². The highest BCUT2D eigenvalue weighted by Crippen LogP contribution is 2.27. The van der Waals surface area contributed by atoms with Gasteiger partial charge in [-0.1, -0.05) is 33.6 Å². The Morgan fingerprint density at radius 3 is 2.62 bits per heavy atom. The summed E-state index contributed by atoms with van der Waals surface area (Å²) >= 11 is 9.28. The van der Waals surface area contributed by atoms with Gasteiger partial charge in [-0.05, 0) is 42.8 Å². The number of benzene rings is 2. The molecule has 8 heteroatoms. The van der Waals surface area contributed by atoms with E-state index in [9.17, 15) is 8.42 Å². The van der Waals surface area contributed by atoms with Gasteiger partial charge in [0, 0.05) is 16.0 Å². The molecule has 0 bridgehead atoms. The summed E-state index contributed by atoms with van der Waals surface area (Å²) in [7, 11) is -2.28. The van der Waals surface area contributed by atoms with Gasteiger partial charge in [-0.3, -0.25) is 0 Å². The van der Waals surface area contributed by atoms with Crippen LogP contribution in [-0.2, 0) is 10.0 Å². The Hall–Kier alpha value is -1.28. The van der Waals surface area contributed by atoms with E-state index in [0.29, 0.717) is 15.2 Å². The van der Waals surface area contributed by atoms with Gasteiger partial charge in [-0.2, -0.15) is 0 Å². The molecule has 5 nitrogen and oxygen atoms in total. The average Bonchev–Trinajstić information content (AvgIpc) is 2.55. The lowest BCUT2D eigenvalue weighted by molar-refractivity contribution is 0.322. The minimum Gasteiger partial charge on any atom is -0.495 e. The molecule has 0 aliphatic rings. The maximum Gasteiger partial charge on any atom is 0.244 e. The zero-order chi connectivity index (χ0) is 17.7. The molecule has 0 unspecified atom stereocenters. The van der Waals surface area contributed by atoms with Gasteiger partial charge in [0.25, 0.3) is 0 Å². The van der Waals surface area contributed by atoms with Crippen molar-refractivity contribution in [2.75, 3.05) is 20.3 Å². The van der Waals surface area contributed by atoms with Crippen molar-refractivity contribution in [2.45, 2.75) is 11.8 Å². The summed E-state index contributed by atoms with van der Waals surface area (Å²) in [6, 6.07) is 10.1. The Morgan fingerprint density at radius 2 is 1.96 bits per heavy atom. The van der Waals surface area contributed by atoms with E-state index < -0.39 is 10.0 Å². The normalized spacial score (nSPS) is 11.3. The van der Waals surface area contributed by atoms with Crippen molar-refractivity contribution in [2.24, 2.45) is 0 Å². The first-order valence-electron chi connectivity index (χ1n) is 7.05. The molecule has 0 amide bonds. The largest absolute Gasteiger partial charge is 0.495 e. The quantitative estimate of drug-likeness (QED) is 0.674. The SMILES string of the molecule is COc1ccc(Br)cc1S(=O)(=O)NCCOc1ccc(C)c(Cl)c1. The molecule has 0 aromatic heterocycles. The van der Waals surface area contributed by atoms with Crippen LogP contribution in [0.4, 0.5) is 0 Å². The zero-order valence-corrected chi connectivity index (χ0v) is 16.3. The van der Waals surface area contributed by atoms with Gasteiger partial charge < -0.3 is 9.47 Å². The van der Waals surface area contributed by atoms with Crippen LogP contribution in [0, 0.1) is 6.92 Å². The van der Waals surface area contributed by atoms with Gasteiger partial charge in [-0.15, -0.1) is 0 Å². The first-order chi connectivity index (χ1) is 11.3. The summed E-state index contributed by atoms with van der Waals surface area (Å²) in [6.07, 6.45) is 0. The Morgan fingerprint density at radius 1 is 1.21 bits per heavy atom. The highest BCUT2D eigenvalue weighted by molar-refractivity contribution is 9.10. The van der Waals surface area contributed by atoms with Crippen LogP contribution < -0.4 is 14.2 Å². The maximum atomic E-state index is 12.4. The Bertz CT molecular complexity index is 827. The predicted octanol–water partition coefficient (Wildman–Crippen LogP) is 3.78. The molecule has 0 saturated heterocycles. The molecule has 1 N–H and O–H groups in total. The molecule has 2 rings (SSSR count). The highest BCUT2D eigenvalue weighted by Gasteiger charge is 2.19. The summed E-state index contributed by atoms with van der Waals surface area (Å²) in [6.45, 7) is 2.18. The van der Waals surface area contributed by atoms with E-state index in [1.807, 2.05) is 13.0 Å². The molecule has 0 aliphatic heterocycles. The van der Waals surface area contributed by atoms with E-state index in [1.165, 1.54) is 13.2 Å². The third-order valence-electron chi connectivity index (χ3n) is 3.22. The minimum atomic E-state index is -3.71. The standard InChI is InChI=1S/C16H17BrClNO4S/c1-11-3-5-13(10-14(11)18)23-8-7-19-24(20,21)16-9-12(17)4-6-15(16)22-2/h3-6,9-10,19H,7-8H2,1-2H3. The fraction of sp³-hybridized carbons (Fsp3) is 0.250. The molecular formula is C16H17BrClNO4S. The molecule has 0 heterocycles. The summed E-state index contributed by atoms with van der Waals surface area (Å²) in [5.41, 5.74) is 0.950. The fourth-order valence-corrected chi connectivity index (χ4v) is 3.84. The van der Waals surface area contributed by atoms with E-state index >= 15 is 0 Å². The predicted molar refractivity (Wildman–Crippen MR) is 97.6 cm³/mol. The van der Waals surface area contributed by atoms with Crippen LogP contribution in [0.2, 0.25) is 5.02 Å². The van der Waals surface area contributed by atoms with Gasteiger partial charge in [0.15, 0.2) is 0 Å². The number of halogens is 2. The first kappa shape index (κ1) is 19.1. The minimum absolute atomic E-state index is 0.0674. The van der Waals surface area contributed by atoms with Crippen molar-refractivity contribution >= 4 is 37.6 Å². The van der Waals surface area contributed by atoms with E-state index in [0.717, 1.165) is 5.56 Å². The highest BCUT2D eigenvalue weighted by atomic mass is 79.9. The Balaban J connectivity index is 1.98. The monoisotopic (exact) mass is 433 g/mol. The summed E-state index contributed by atoms with van der Waals surface area (Å²) in [4.78, 5) is 0.0674. The van der Waals surface area contributed by atoms with Crippen molar-refractivity contribution in [3.63, 3.8) is 0 Å². The van der Waals surface area contributed by atoms with Crippen molar-refractivity contribution in [1.82, 2.24) is 4.72 Å². The van der Waals surface area contributed by atoms with Gasteiger partial charge in [-0.25, -0.2) is 13.1 Å². The number of rotatable bonds is 7. The van der Waals surface area contributed by atoms with Gasteiger partial charge in [0.2, 0.25) is 10.0 Å². The van der Waals surface area contributed by atoms with Crippen LogP contribution in [0.3, 0.4) is 0 Å². The average molecular weight is 435 g/mol. The summed E-state index contributed by atoms with van der Waals surface area (Å²) in [5, 5.41) is 0.604. The number of methoxy groups -OCH3 is 1. The topological polar surface area (TPSA) is 64.6 Å². The molecule has 0 radical (unpaired) electrons. The van der Waals surface area contributed by atoms with Crippen LogP contribution in [0.25, 0.3) is 0 Å². The molecule has 0 atom stereocenters. The first-order valence-corrected chi connectivity index (χ1v) is 9.71. The van der Waals surface area contributed by atoms with Crippen LogP contribution in [0.15, 0.2) is 45.8 Å². The van der Waals surface area contributed by atoms with Crippen molar-refractivity contribution in [1.29, 1.82) is 0 Å². The number of hydrogen-bond acceptors (Lipinski definition) is 4. The summed E-state index contributed by atoms with van der Waals surface area (Å²) < 4.78 is 38.5. The lowest BCUT2D eigenvalue weighted by atomic mass is 10.2. The molecule has 0 aliphatic carbocycles. The van der Waals surface area contributed by atoms with E-state index in [4.69, 9.17) is 21.1 Å². The van der Waals surface area contributed by atoms with Crippen LogP contribution in [0.1, 0.15) is 5.56 Å². The van der Waals surface area contributed by atoms with Gasteiger partial charge >= 0.3 is 0 Å². The molecule has 2 aromatic carbocycles. The van der Waals surface area contributed by atoms with E-state index in [-0.39, 0.29) is 23.8 Å². The third kappa shape index (κ3) is 4.86. The third-order valence-corrected chi connectivity index (χ3v) is 5.60. The molecule has 0 saturated carbocycles. The second-order valence-corrected chi connectivity index (χ2v) is 8.01. The van der Waals surface area contributed by atoms with E-state index in [2.05, 4.69) is 20.7 Å². The Labute approximate surface area is 155 Å². The number of ether oxygens (including phenoxy) is 2. The molecule has 130 valence electrons. The van der Waals surface area contributed by atoms with E-state index in [1.54, 1.807) is 24.3 Å². The number of hydrogen-bond donors (Lipinski definition) is 1. The number of sulfonamides is 1. The fourth-order valence-electron chi connectivity index (χ4n) is 1.95. The second kappa shape index (κ2) is 8.20. The molecular weight excluding hydrogens is 418 g/mol. The lowest BCUT2D eigenvalue weighted by Crippen LogP contribution is -2.28. The Kier molecular flexibility index (Phi) is 6.51. The number of nitrogens with one attached hydrogen (secondary N) is 1. The maximum absolute atomic E-state index is 12.4. The van der Waals surface area contributed by atoms with Gasteiger partial charge in [0.05, 0.1) is 7.11 Å². The molecule has 0 fully saturated rings. The summed E-state index contributed by atoms with van der Waals surface area (Å²) in [5.74, 6) is 0.863. The van der Waals surface area contributed by atoms with Crippen molar-refractivity contribution in [3.05, 3.63) is 51.5 Å². The van der Waals surface area contributed by atoms with Gasteiger partial charge in [0.1, 0.15) is 23.0 Å². The van der Waals surface area contributed by atoms with Crippen molar-refractivity contribution < 1.29 is 17.9 Å². The number of aryl methyl sites for hydroxylation is 1. The smallest absolute Gasteiger partial charge is 0.244 e. The molecule has 0 spiro atoms.